The van der Waals surface area contributed by atoms with Crippen molar-refractivity contribution in [3.8, 4) is 5.88 Å². The van der Waals surface area contributed by atoms with Gasteiger partial charge < -0.3 is 15.4 Å². The van der Waals surface area contributed by atoms with Crippen molar-refractivity contribution in [3.63, 3.8) is 0 Å². The minimum atomic E-state index is -4.47. The molecule has 0 aliphatic carbocycles. The van der Waals surface area contributed by atoms with Crippen molar-refractivity contribution in [2.24, 2.45) is 0 Å². The number of ether oxygens (including phenoxy) is 1. The van der Waals surface area contributed by atoms with Crippen molar-refractivity contribution >= 4 is 30.7 Å². The highest BCUT2D eigenvalue weighted by Crippen LogP contribution is 2.20. The van der Waals surface area contributed by atoms with Crippen LogP contribution in [0.3, 0.4) is 0 Å². The van der Waals surface area contributed by atoms with E-state index in [1.807, 2.05) is 0 Å². The van der Waals surface area contributed by atoms with Crippen LogP contribution < -0.4 is 15.4 Å². The van der Waals surface area contributed by atoms with Crippen molar-refractivity contribution in [2.45, 2.75) is 31.6 Å². The lowest BCUT2D eigenvalue weighted by atomic mass is 10.1. The predicted octanol–water partition coefficient (Wildman–Crippen LogP) is 2.31. The summed E-state index contributed by atoms with van der Waals surface area (Å²) in [5.74, 6) is -0.644. The van der Waals surface area contributed by atoms with Gasteiger partial charge in [0.05, 0.1) is 12.2 Å². The molecule has 3 heterocycles. The number of hydrogen-bond acceptors (Lipinski definition) is 6. The van der Waals surface area contributed by atoms with Crippen LogP contribution in [0, 0.1) is 0 Å². The zero-order valence-corrected chi connectivity index (χ0v) is 16.8. The molecule has 0 aromatic carbocycles. The molecule has 0 atom stereocenters. The molecule has 2 N–H and O–H groups in total. The van der Waals surface area contributed by atoms with Crippen molar-refractivity contribution in [3.05, 3.63) is 35.8 Å². The second-order valence-corrected chi connectivity index (χ2v) is 6.12. The molecular weight excluding hydrogens is 436 g/mol. The summed E-state index contributed by atoms with van der Waals surface area (Å²) in [4.78, 5) is 16.0. The molecule has 0 unspecified atom stereocenters. The van der Waals surface area contributed by atoms with Gasteiger partial charge in [-0.2, -0.15) is 13.2 Å². The first-order chi connectivity index (χ1) is 12.9. The number of amides is 1. The number of pyridine rings is 1. The van der Waals surface area contributed by atoms with Gasteiger partial charge in [0.1, 0.15) is 0 Å². The van der Waals surface area contributed by atoms with Crippen LogP contribution in [0.5, 0.6) is 5.88 Å². The van der Waals surface area contributed by atoms with E-state index in [1.54, 1.807) is 16.9 Å². The van der Waals surface area contributed by atoms with Crippen LogP contribution in [0.1, 0.15) is 34.9 Å². The van der Waals surface area contributed by atoms with E-state index in [1.165, 1.54) is 12.3 Å². The molecule has 29 heavy (non-hydrogen) atoms. The molecule has 2 aromatic rings. The Morgan fingerprint density at radius 1 is 1.31 bits per heavy atom. The van der Waals surface area contributed by atoms with Crippen LogP contribution >= 0.6 is 24.8 Å². The van der Waals surface area contributed by atoms with Gasteiger partial charge in [-0.25, -0.2) is 9.67 Å². The maximum Gasteiger partial charge on any atom is 0.422 e. The number of halogens is 5. The number of carbonyl (C=O) groups is 1. The molecule has 1 amide bonds. The number of piperidine rings is 1. The zero-order valence-electron chi connectivity index (χ0n) is 15.2. The molecule has 1 fully saturated rings. The van der Waals surface area contributed by atoms with E-state index < -0.39 is 18.7 Å². The Morgan fingerprint density at radius 3 is 2.72 bits per heavy atom. The van der Waals surface area contributed by atoms with Gasteiger partial charge in [-0.15, -0.1) is 29.9 Å². The highest BCUT2D eigenvalue weighted by atomic mass is 35.5. The molecule has 0 radical (unpaired) electrons. The van der Waals surface area contributed by atoms with Crippen LogP contribution in [0.4, 0.5) is 13.2 Å². The summed E-state index contributed by atoms with van der Waals surface area (Å²) in [5.41, 5.74) is 0.482. The van der Waals surface area contributed by atoms with Crippen LogP contribution in [0.25, 0.3) is 0 Å². The zero-order chi connectivity index (χ0) is 19.3. The van der Waals surface area contributed by atoms with E-state index in [4.69, 9.17) is 4.74 Å². The first-order valence-electron chi connectivity index (χ1n) is 8.46. The standard InChI is InChI=1S/C16H19F3N6O2.2ClH/c17-16(18,19)10-27-15-11(2-1-5-21-15)8-22-14(26)13-9-25(24-23-13)12-3-6-20-7-4-12;;/h1-2,5,9,12,20H,3-4,6-8,10H2,(H,22,26);2*1H. The summed E-state index contributed by atoms with van der Waals surface area (Å²) in [7, 11) is 0. The van der Waals surface area contributed by atoms with E-state index in [-0.39, 0.29) is 49.0 Å². The fourth-order valence-electron chi connectivity index (χ4n) is 2.74. The fourth-order valence-corrected chi connectivity index (χ4v) is 2.74. The van der Waals surface area contributed by atoms with Crippen molar-refractivity contribution in [2.75, 3.05) is 19.7 Å². The molecule has 1 aliphatic heterocycles. The number of nitrogens with zero attached hydrogens (tertiary/aromatic N) is 4. The second-order valence-electron chi connectivity index (χ2n) is 6.12. The molecule has 2 aromatic heterocycles. The average molecular weight is 457 g/mol. The normalized spacial score (nSPS) is 14.4. The highest BCUT2D eigenvalue weighted by molar-refractivity contribution is 5.91. The van der Waals surface area contributed by atoms with Gasteiger partial charge in [0.15, 0.2) is 12.3 Å². The van der Waals surface area contributed by atoms with Crippen molar-refractivity contribution < 1.29 is 22.7 Å². The van der Waals surface area contributed by atoms with E-state index >= 15 is 0 Å². The smallest absolute Gasteiger partial charge is 0.422 e. The summed E-state index contributed by atoms with van der Waals surface area (Å²) in [6, 6.07) is 3.28. The highest BCUT2D eigenvalue weighted by Gasteiger charge is 2.29. The Balaban J connectivity index is 0.00000210. The number of aromatic nitrogens is 4. The topological polar surface area (TPSA) is 94.0 Å². The van der Waals surface area contributed by atoms with Gasteiger partial charge in [-0.1, -0.05) is 11.3 Å². The van der Waals surface area contributed by atoms with Gasteiger partial charge in [0.25, 0.3) is 5.91 Å². The van der Waals surface area contributed by atoms with Crippen LogP contribution in [0.2, 0.25) is 0 Å². The minimum Gasteiger partial charge on any atom is -0.468 e. The third-order valence-electron chi connectivity index (χ3n) is 4.09. The van der Waals surface area contributed by atoms with Gasteiger partial charge in [0.2, 0.25) is 5.88 Å². The van der Waals surface area contributed by atoms with Crippen LogP contribution in [-0.4, -0.2) is 51.8 Å². The number of nitrogens with one attached hydrogen (secondary N) is 2. The lowest BCUT2D eigenvalue weighted by Crippen LogP contribution is -2.29. The number of carbonyl (C=O) groups excluding carboxylic acids is 1. The Labute approximate surface area is 177 Å². The molecular formula is C16H21Cl2F3N6O2. The molecule has 0 saturated carbocycles. The van der Waals surface area contributed by atoms with Gasteiger partial charge >= 0.3 is 6.18 Å². The first-order valence-corrected chi connectivity index (χ1v) is 8.46. The molecule has 1 saturated heterocycles. The summed E-state index contributed by atoms with van der Waals surface area (Å²) in [5, 5.41) is 13.7. The molecule has 8 nitrogen and oxygen atoms in total. The number of hydrogen-bond donors (Lipinski definition) is 2. The Morgan fingerprint density at radius 2 is 2.03 bits per heavy atom. The molecule has 1 aliphatic rings. The lowest BCUT2D eigenvalue weighted by Gasteiger charge is -2.22. The molecule has 162 valence electrons. The van der Waals surface area contributed by atoms with E-state index in [9.17, 15) is 18.0 Å². The monoisotopic (exact) mass is 456 g/mol. The molecule has 3 rings (SSSR count). The Hall–Kier alpha value is -2.11. The van der Waals surface area contributed by atoms with Gasteiger partial charge in [0, 0.05) is 18.3 Å². The third-order valence-corrected chi connectivity index (χ3v) is 4.09. The maximum atomic E-state index is 12.3. The van der Waals surface area contributed by atoms with Crippen molar-refractivity contribution in [1.82, 2.24) is 30.6 Å². The number of alkyl halides is 3. The molecule has 0 bridgehead atoms. The summed E-state index contributed by atoms with van der Waals surface area (Å²) in [6.07, 6.45) is 0.239. The van der Waals surface area contributed by atoms with E-state index in [0.29, 0.717) is 5.56 Å². The summed E-state index contributed by atoms with van der Waals surface area (Å²) < 4.78 is 43.3. The Bertz CT molecular complexity index is 784. The first kappa shape index (κ1) is 24.9. The molecule has 0 spiro atoms. The van der Waals surface area contributed by atoms with Crippen molar-refractivity contribution in [1.29, 1.82) is 0 Å². The largest absolute Gasteiger partial charge is 0.468 e. The van der Waals surface area contributed by atoms with Crippen LogP contribution in [0.15, 0.2) is 24.5 Å². The lowest BCUT2D eigenvalue weighted by molar-refractivity contribution is -0.154. The molecule has 13 heteroatoms. The maximum absolute atomic E-state index is 12.3. The fraction of sp³-hybridized carbons (Fsp3) is 0.500. The minimum absolute atomic E-state index is 0. The van der Waals surface area contributed by atoms with E-state index in [0.717, 1.165) is 25.9 Å². The number of rotatable bonds is 6. The SMILES string of the molecule is Cl.Cl.O=C(NCc1cccnc1OCC(F)(F)F)c1cn(C2CCNCC2)nn1. The average Bonchev–Trinajstić information content (AvgIpc) is 3.15. The van der Waals surface area contributed by atoms with Gasteiger partial charge in [-0.05, 0) is 32.0 Å². The summed E-state index contributed by atoms with van der Waals surface area (Å²) in [6.45, 7) is 0.275. The van der Waals surface area contributed by atoms with E-state index in [2.05, 4.69) is 25.9 Å². The second kappa shape index (κ2) is 11.2. The Kier molecular flexibility index (Phi) is 9.60. The quantitative estimate of drug-likeness (QED) is 0.692. The summed E-state index contributed by atoms with van der Waals surface area (Å²) >= 11 is 0. The predicted molar refractivity (Wildman–Crippen MR) is 103 cm³/mol. The third kappa shape index (κ3) is 7.33. The van der Waals surface area contributed by atoms with Crippen LogP contribution in [-0.2, 0) is 6.54 Å². The van der Waals surface area contributed by atoms with Gasteiger partial charge in [-0.3, -0.25) is 4.79 Å².